The number of carbonyl (C=O) groups is 2. The highest BCUT2D eigenvalue weighted by Gasteiger charge is 2.18. The number of nitrogens with zero attached hydrogens (tertiary/aromatic N) is 2. The van der Waals surface area contributed by atoms with Gasteiger partial charge in [-0.3, -0.25) is 10.1 Å². The highest BCUT2D eigenvalue weighted by molar-refractivity contribution is 7.17. The molecule has 0 radical (unpaired) electrons. The molecule has 1 aromatic carbocycles. The molecule has 1 amide bonds. The summed E-state index contributed by atoms with van der Waals surface area (Å²) in [6.45, 7) is 1.75. The molecule has 9 heteroatoms. The van der Waals surface area contributed by atoms with Crippen LogP contribution >= 0.6 is 22.7 Å². The van der Waals surface area contributed by atoms with Crippen molar-refractivity contribution in [2.24, 2.45) is 0 Å². The van der Waals surface area contributed by atoms with Gasteiger partial charge in [-0.15, -0.1) is 11.3 Å². The second kappa shape index (κ2) is 7.71. The monoisotopic (exact) mass is 391 g/mol. The lowest BCUT2D eigenvalue weighted by Gasteiger charge is -1.99. The average molecular weight is 391 g/mol. The first-order valence-electron chi connectivity index (χ1n) is 7.52. The van der Waals surface area contributed by atoms with E-state index in [1.807, 2.05) is 0 Å². The van der Waals surface area contributed by atoms with E-state index in [0.717, 1.165) is 21.9 Å². The minimum atomic E-state index is -0.501. The summed E-state index contributed by atoms with van der Waals surface area (Å²) in [6, 6.07) is 6.17. The maximum Gasteiger partial charge on any atom is 0.349 e. The number of aromatic nitrogens is 2. The first-order chi connectivity index (χ1) is 12.5. The molecule has 0 spiro atoms. The lowest BCUT2D eigenvalue weighted by molar-refractivity contribution is 0.0606. The fourth-order valence-electron chi connectivity index (χ4n) is 2.20. The van der Waals surface area contributed by atoms with E-state index >= 15 is 0 Å². The molecule has 26 heavy (non-hydrogen) atoms. The van der Waals surface area contributed by atoms with Crippen molar-refractivity contribution in [3.8, 4) is 0 Å². The van der Waals surface area contributed by atoms with Crippen LogP contribution in [0.15, 0.2) is 30.5 Å². The molecule has 2 aromatic heterocycles. The molecule has 0 bridgehead atoms. The Morgan fingerprint density at radius 1 is 1.23 bits per heavy atom. The van der Waals surface area contributed by atoms with Gasteiger partial charge in [0.2, 0.25) is 0 Å². The van der Waals surface area contributed by atoms with Crippen molar-refractivity contribution in [2.75, 3.05) is 12.4 Å². The number of rotatable bonds is 5. The Balaban J connectivity index is 1.71. The Bertz CT molecular complexity index is 951. The number of nitrogens with one attached hydrogen (secondary N) is 1. The van der Waals surface area contributed by atoms with Gasteiger partial charge in [0.25, 0.3) is 5.91 Å². The molecule has 2 heterocycles. The molecule has 0 fully saturated rings. The Hall–Kier alpha value is -2.65. The average Bonchev–Trinajstić information content (AvgIpc) is 3.23. The number of benzene rings is 1. The lowest BCUT2D eigenvalue weighted by atomic mass is 10.1. The Morgan fingerprint density at radius 2 is 1.96 bits per heavy atom. The van der Waals surface area contributed by atoms with Gasteiger partial charge in [0.05, 0.1) is 24.0 Å². The minimum Gasteiger partial charge on any atom is -0.465 e. The summed E-state index contributed by atoms with van der Waals surface area (Å²) in [6.07, 6.45) is 1.87. The molecule has 6 nitrogen and oxygen atoms in total. The van der Waals surface area contributed by atoms with Gasteiger partial charge in [-0.1, -0.05) is 23.5 Å². The maximum absolute atomic E-state index is 13.0. The minimum absolute atomic E-state index is 0.293. The van der Waals surface area contributed by atoms with E-state index in [-0.39, 0.29) is 11.7 Å². The molecule has 0 aliphatic carbocycles. The van der Waals surface area contributed by atoms with Crippen LogP contribution in [-0.4, -0.2) is 29.0 Å². The SMILES string of the molecule is COC(=O)c1cnc(NC(=O)c2sc(Cc3ccc(F)cc3)nc2C)s1. The van der Waals surface area contributed by atoms with E-state index in [0.29, 0.717) is 27.0 Å². The number of methoxy groups -OCH3 is 1. The van der Waals surface area contributed by atoms with Gasteiger partial charge in [0.15, 0.2) is 5.13 Å². The Morgan fingerprint density at radius 3 is 2.65 bits per heavy atom. The van der Waals surface area contributed by atoms with Crippen LogP contribution in [-0.2, 0) is 11.2 Å². The summed E-state index contributed by atoms with van der Waals surface area (Å²) >= 11 is 2.31. The molecule has 0 unspecified atom stereocenters. The molecule has 1 N–H and O–H groups in total. The quantitative estimate of drug-likeness (QED) is 0.671. The third-order valence-electron chi connectivity index (χ3n) is 3.43. The van der Waals surface area contributed by atoms with Crippen LogP contribution in [0.3, 0.4) is 0 Å². The summed E-state index contributed by atoms with van der Waals surface area (Å²) in [4.78, 5) is 33.1. The summed E-state index contributed by atoms with van der Waals surface area (Å²) < 4.78 is 17.6. The lowest BCUT2D eigenvalue weighted by Crippen LogP contribution is -2.11. The fraction of sp³-hybridized carbons (Fsp3) is 0.176. The fourth-order valence-corrected chi connectivity index (χ4v) is 3.92. The van der Waals surface area contributed by atoms with Crippen LogP contribution in [0.25, 0.3) is 0 Å². The van der Waals surface area contributed by atoms with Crippen LogP contribution in [0, 0.1) is 12.7 Å². The predicted molar refractivity (Wildman–Crippen MR) is 97.5 cm³/mol. The summed E-state index contributed by atoms with van der Waals surface area (Å²) in [5.74, 6) is -1.13. The van der Waals surface area contributed by atoms with Crippen molar-refractivity contribution < 1.29 is 18.7 Å². The number of aryl methyl sites for hydroxylation is 1. The first kappa shape index (κ1) is 18.2. The number of esters is 1. The van der Waals surface area contributed by atoms with Gasteiger partial charge < -0.3 is 4.74 Å². The molecule has 134 valence electrons. The Kier molecular flexibility index (Phi) is 5.38. The molecule has 0 aliphatic heterocycles. The molecule has 3 aromatic rings. The number of ether oxygens (including phenoxy) is 1. The van der Waals surface area contributed by atoms with Crippen LogP contribution in [0.4, 0.5) is 9.52 Å². The molecule has 0 aliphatic rings. The molecule has 0 saturated heterocycles. The number of hydrogen-bond donors (Lipinski definition) is 1. The number of thiazole rings is 2. The smallest absolute Gasteiger partial charge is 0.349 e. The van der Waals surface area contributed by atoms with E-state index < -0.39 is 5.97 Å². The highest BCUT2D eigenvalue weighted by Crippen LogP contribution is 2.24. The highest BCUT2D eigenvalue weighted by atomic mass is 32.1. The number of carbonyl (C=O) groups excluding carboxylic acids is 2. The summed E-state index contributed by atoms with van der Waals surface area (Å²) in [7, 11) is 1.28. The predicted octanol–water partition coefficient (Wildman–Crippen LogP) is 3.68. The van der Waals surface area contributed by atoms with Gasteiger partial charge in [0.1, 0.15) is 15.6 Å². The van der Waals surface area contributed by atoms with Gasteiger partial charge in [0, 0.05) is 6.42 Å². The zero-order valence-corrected chi connectivity index (χ0v) is 15.5. The van der Waals surface area contributed by atoms with Crippen molar-refractivity contribution >= 4 is 39.7 Å². The van der Waals surface area contributed by atoms with Crippen molar-refractivity contribution in [1.29, 1.82) is 0 Å². The van der Waals surface area contributed by atoms with E-state index in [2.05, 4.69) is 20.0 Å². The molecular formula is C17H14FN3O3S2. The van der Waals surface area contributed by atoms with Crippen molar-refractivity contribution in [3.63, 3.8) is 0 Å². The van der Waals surface area contributed by atoms with Crippen LogP contribution in [0.1, 0.15) is 35.6 Å². The zero-order valence-electron chi connectivity index (χ0n) is 13.9. The van der Waals surface area contributed by atoms with Crippen molar-refractivity contribution in [1.82, 2.24) is 9.97 Å². The third-order valence-corrected chi connectivity index (χ3v) is 5.48. The van der Waals surface area contributed by atoms with Gasteiger partial charge in [-0.05, 0) is 24.6 Å². The largest absolute Gasteiger partial charge is 0.465 e. The topological polar surface area (TPSA) is 81.2 Å². The molecular weight excluding hydrogens is 377 g/mol. The summed E-state index contributed by atoms with van der Waals surface area (Å²) in [5, 5.41) is 3.73. The molecule has 3 rings (SSSR count). The number of amides is 1. The zero-order chi connectivity index (χ0) is 18.7. The van der Waals surface area contributed by atoms with Gasteiger partial charge >= 0.3 is 5.97 Å². The van der Waals surface area contributed by atoms with E-state index in [4.69, 9.17) is 0 Å². The van der Waals surface area contributed by atoms with Crippen molar-refractivity contribution in [3.05, 3.63) is 62.3 Å². The number of anilines is 1. The second-order valence-electron chi connectivity index (χ2n) is 5.30. The van der Waals surface area contributed by atoms with E-state index in [9.17, 15) is 14.0 Å². The second-order valence-corrected chi connectivity index (χ2v) is 7.42. The number of halogens is 1. The number of hydrogen-bond acceptors (Lipinski definition) is 7. The van der Waals surface area contributed by atoms with Crippen LogP contribution in [0.5, 0.6) is 0 Å². The normalized spacial score (nSPS) is 10.6. The van der Waals surface area contributed by atoms with Gasteiger partial charge in [-0.2, -0.15) is 0 Å². The standard InChI is InChI=1S/C17H14FN3O3S2/c1-9-14(15(22)21-17-19-8-12(25-17)16(23)24-2)26-13(20-9)7-10-3-5-11(18)6-4-10/h3-6,8H,7H2,1-2H3,(H,19,21,22). The van der Waals surface area contributed by atoms with E-state index in [1.54, 1.807) is 19.1 Å². The van der Waals surface area contributed by atoms with Crippen molar-refractivity contribution in [2.45, 2.75) is 13.3 Å². The van der Waals surface area contributed by atoms with E-state index in [1.165, 1.54) is 36.8 Å². The van der Waals surface area contributed by atoms with Gasteiger partial charge in [-0.25, -0.2) is 19.2 Å². The van der Waals surface area contributed by atoms with Crippen LogP contribution in [0.2, 0.25) is 0 Å². The maximum atomic E-state index is 13.0. The summed E-state index contributed by atoms with van der Waals surface area (Å²) in [5.41, 5.74) is 1.52. The molecule has 0 saturated carbocycles. The Labute approximate surface area is 156 Å². The van der Waals surface area contributed by atoms with Crippen LogP contribution < -0.4 is 5.32 Å². The molecule has 0 atom stereocenters. The third kappa shape index (κ3) is 4.12. The first-order valence-corrected chi connectivity index (χ1v) is 9.16.